The first kappa shape index (κ1) is 25.1. The largest absolute Gasteiger partial charge is 0.453 e. The third-order valence-corrected chi connectivity index (χ3v) is 5.74. The van der Waals surface area contributed by atoms with E-state index in [9.17, 15) is 22.8 Å². The molecule has 184 valence electrons. The molecule has 0 saturated heterocycles. The minimum absolute atomic E-state index is 0.00213. The number of alkyl halides is 3. The van der Waals surface area contributed by atoms with Crippen molar-refractivity contribution in [2.45, 2.75) is 20.0 Å². The number of halogens is 4. The molecule has 0 aliphatic rings. The van der Waals surface area contributed by atoms with Crippen LogP contribution in [0.4, 0.5) is 13.2 Å². The third-order valence-electron chi connectivity index (χ3n) is 5.14. The Morgan fingerprint density at radius 1 is 0.972 bits per heavy atom. The van der Waals surface area contributed by atoms with Crippen molar-refractivity contribution in [1.29, 1.82) is 0 Å². The van der Waals surface area contributed by atoms with Crippen molar-refractivity contribution in [1.82, 2.24) is 0 Å². The summed E-state index contributed by atoms with van der Waals surface area (Å²) in [6, 6.07) is 15.3. The van der Waals surface area contributed by atoms with Gasteiger partial charge in [-0.3, -0.25) is 4.79 Å². The molecule has 0 spiro atoms. The second-order valence-electron chi connectivity index (χ2n) is 7.88. The fourth-order valence-electron chi connectivity index (χ4n) is 3.46. The molecule has 0 amide bonds. The maximum absolute atomic E-state index is 13.8. The summed E-state index contributed by atoms with van der Waals surface area (Å²) in [5.74, 6) is -3.48. The van der Waals surface area contributed by atoms with Gasteiger partial charge in [0.05, 0.1) is 5.39 Å². The number of esters is 1. The highest BCUT2D eigenvalue weighted by atomic mass is 35.5. The number of aryl methyl sites for hydroxylation is 2. The van der Waals surface area contributed by atoms with Crippen molar-refractivity contribution in [2.75, 3.05) is 0 Å². The van der Waals surface area contributed by atoms with Gasteiger partial charge in [-0.25, -0.2) is 4.79 Å². The third kappa shape index (κ3) is 5.44. The molecule has 0 aliphatic heterocycles. The number of rotatable bonds is 5. The molecule has 3 aromatic carbocycles. The molecule has 0 fully saturated rings. The van der Waals surface area contributed by atoms with Crippen molar-refractivity contribution in [2.24, 2.45) is 0 Å². The number of hydrogen-bond donors (Lipinski definition) is 0. The Morgan fingerprint density at radius 3 is 2.28 bits per heavy atom. The molecule has 0 aliphatic carbocycles. The van der Waals surface area contributed by atoms with Crippen LogP contribution >= 0.6 is 11.6 Å². The molecule has 1 aromatic heterocycles. The molecule has 0 bridgehead atoms. The van der Waals surface area contributed by atoms with Gasteiger partial charge in [0.25, 0.3) is 5.76 Å². The van der Waals surface area contributed by atoms with Gasteiger partial charge in [0, 0.05) is 17.2 Å². The van der Waals surface area contributed by atoms with Crippen LogP contribution < -0.4 is 14.9 Å². The van der Waals surface area contributed by atoms with E-state index in [1.165, 1.54) is 36.4 Å². The van der Waals surface area contributed by atoms with E-state index in [1.54, 1.807) is 38.1 Å². The van der Waals surface area contributed by atoms with Crippen LogP contribution in [0.15, 0.2) is 76.0 Å². The minimum Gasteiger partial charge on any atom is -0.449 e. The Morgan fingerprint density at radius 2 is 1.64 bits per heavy atom. The summed E-state index contributed by atoms with van der Waals surface area (Å²) in [5.41, 5.74) is 0.444. The van der Waals surface area contributed by atoms with Gasteiger partial charge in [-0.2, -0.15) is 13.2 Å². The highest BCUT2D eigenvalue weighted by Gasteiger charge is 2.40. The van der Waals surface area contributed by atoms with E-state index in [4.69, 9.17) is 25.5 Å². The zero-order chi connectivity index (χ0) is 26.0. The molecule has 0 N–H and O–H groups in total. The normalized spacial score (nSPS) is 11.7. The van der Waals surface area contributed by atoms with Crippen LogP contribution in [-0.2, 0) is 11.0 Å². The SMILES string of the molecule is Cc1cc(Oc2c(C(F)(F)F)oc3cc(OC(=O)C=Cc4ccccc4)ccc3c2=O)cc(C)c1Cl. The maximum Gasteiger partial charge on any atom is 0.453 e. The first-order valence-electron chi connectivity index (χ1n) is 10.6. The van der Waals surface area contributed by atoms with Crippen LogP contribution in [0, 0.1) is 13.8 Å². The van der Waals surface area contributed by atoms with Crippen LogP contribution in [0.3, 0.4) is 0 Å². The summed E-state index contributed by atoms with van der Waals surface area (Å²) >= 11 is 6.11. The summed E-state index contributed by atoms with van der Waals surface area (Å²) in [5, 5.41) is 0.254. The molecule has 4 aromatic rings. The lowest BCUT2D eigenvalue weighted by Gasteiger charge is -2.14. The predicted molar refractivity (Wildman–Crippen MR) is 130 cm³/mol. The molecule has 36 heavy (non-hydrogen) atoms. The van der Waals surface area contributed by atoms with Crippen LogP contribution in [-0.4, -0.2) is 5.97 Å². The second-order valence-corrected chi connectivity index (χ2v) is 8.26. The summed E-state index contributed by atoms with van der Waals surface area (Å²) in [6.45, 7) is 3.32. The fourth-order valence-corrected chi connectivity index (χ4v) is 3.57. The Hall–Kier alpha value is -4.04. The van der Waals surface area contributed by atoms with Crippen molar-refractivity contribution < 1.29 is 31.9 Å². The van der Waals surface area contributed by atoms with Gasteiger partial charge in [-0.15, -0.1) is 0 Å². The van der Waals surface area contributed by atoms with Crippen molar-refractivity contribution in [3.8, 4) is 17.2 Å². The zero-order valence-electron chi connectivity index (χ0n) is 19.0. The standard InChI is InChI=1S/C27H18ClF3O5/c1-15-12-19(13-16(2)23(15)28)35-25-24(33)20-10-9-18(14-21(20)36-26(25)27(29,30)31)34-22(32)11-8-17-6-4-3-5-7-17/h3-14H,1-2H3. The van der Waals surface area contributed by atoms with E-state index < -0.39 is 34.7 Å². The molecule has 0 radical (unpaired) electrons. The molecular formula is C27H18ClF3O5. The van der Waals surface area contributed by atoms with E-state index in [2.05, 4.69) is 0 Å². The van der Waals surface area contributed by atoms with E-state index >= 15 is 0 Å². The van der Waals surface area contributed by atoms with Gasteiger partial charge >= 0.3 is 12.1 Å². The monoisotopic (exact) mass is 514 g/mol. The first-order valence-corrected chi connectivity index (χ1v) is 11.0. The molecule has 5 nitrogen and oxygen atoms in total. The van der Waals surface area contributed by atoms with Crippen molar-refractivity contribution >= 4 is 34.6 Å². The van der Waals surface area contributed by atoms with Crippen molar-refractivity contribution in [3.05, 3.63) is 104 Å². The van der Waals surface area contributed by atoms with Gasteiger partial charge in [0.1, 0.15) is 17.1 Å². The topological polar surface area (TPSA) is 65.7 Å². The van der Waals surface area contributed by atoms with E-state index in [-0.39, 0.29) is 16.9 Å². The summed E-state index contributed by atoms with van der Waals surface area (Å²) in [7, 11) is 0. The second kappa shape index (κ2) is 9.91. The Labute approximate surface area is 208 Å². The van der Waals surface area contributed by atoms with Gasteiger partial charge in [-0.1, -0.05) is 41.9 Å². The predicted octanol–water partition coefficient (Wildman–Crippen LogP) is 7.49. The van der Waals surface area contributed by atoms with Gasteiger partial charge in [-0.05, 0) is 60.9 Å². The van der Waals surface area contributed by atoms with Gasteiger partial charge in [0.15, 0.2) is 0 Å². The van der Waals surface area contributed by atoms with E-state index in [0.717, 1.165) is 11.6 Å². The quantitative estimate of drug-likeness (QED) is 0.157. The molecule has 1 heterocycles. The van der Waals surface area contributed by atoms with Crippen molar-refractivity contribution in [3.63, 3.8) is 0 Å². The van der Waals surface area contributed by atoms with Crippen LogP contribution in [0.2, 0.25) is 5.02 Å². The Bertz CT molecular complexity index is 1520. The molecule has 9 heteroatoms. The zero-order valence-corrected chi connectivity index (χ0v) is 19.7. The van der Waals surface area contributed by atoms with Crippen LogP contribution in [0.1, 0.15) is 22.5 Å². The number of carbonyl (C=O) groups excluding carboxylic acids is 1. The lowest BCUT2D eigenvalue weighted by molar-refractivity contribution is -0.154. The van der Waals surface area contributed by atoms with Crippen LogP contribution in [0.25, 0.3) is 17.0 Å². The molecule has 0 saturated carbocycles. The molecule has 4 rings (SSSR count). The number of ether oxygens (including phenoxy) is 2. The maximum atomic E-state index is 13.8. The lowest BCUT2D eigenvalue weighted by atomic mass is 10.1. The van der Waals surface area contributed by atoms with Crippen LogP contribution in [0.5, 0.6) is 17.2 Å². The average molecular weight is 515 g/mol. The first-order chi connectivity index (χ1) is 17.0. The minimum atomic E-state index is -5.04. The smallest absolute Gasteiger partial charge is 0.449 e. The number of fused-ring (bicyclic) bond motifs is 1. The number of carbonyl (C=O) groups is 1. The van der Waals surface area contributed by atoms with Gasteiger partial charge < -0.3 is 13.9 Å². The van der Waals surface area contributed by atoms with E-state index in [0.29, 0.717) is 16.1 Å². The fraction of sp³-hybridized carbons (Fsp3) is 0.111. The van der Waals surface area contributed by atoms with E-state index in [1.807, 2.05) is 6.07 Å². The lowest BCUT2D eigenvalue weighted by Crippen LogP contribution is -2.15. The molecule has 0 atom stereocenters. The summed E-state index contributed by atoms with van der Waals surface area (Å²) in [4.78, 5) is 25.1. The Kier molecular flexibility index (Phi) is 6.90. The molecule has 0 unspecified atom stereocenters. The number of benzene rings is 3. The molecular weight excluding hydrogens is 497 g/mol. The highest BCUT2D eigenvalue weighted by Crippen LogP contribution is 2.39. The Balaban J connectivity index is 1.70. The number of hydrogen-bond acceptors (Lipinski definition) is 5. The summed E-state index contributed by atoms with van der Waals surface area (Å²) in [6.07, 6.45) is -2.34. The van der Waals surface area contributed by atoms with Gasteiger partial charge in [0.2, 0.25) is 11.2 Å². The highest BCUT2D eigenvalue weighted by molar-refractivity contribution is 6.32. The average Bonchev–Trinajstić information content (AvgIpc) is 2.82. The summed E-state index contributed by atoms with van der Waals surface area (Å²) < 4.78 is 57.1.